The highest BCUT2D eigenvalue weighted by Crippen LogP contribution is 2.19. The zero-order valence-electron chi connectivity index (χ0n) is 11.4. The topological polar surface area (TPSA) is 90.0 Å². The van der Waals surface area contributed by atoms with Gasteiger partial charge in [0.15, 0.2) is 0 Å². The molecule has 8 heteroatoms. The van der Waals surface area contributed by atoms with Crippen molar-refractivity contribution in [3.63, 3.8) is 0 Å². The van der Waals surface area contributed by atoms with E-state index in [1.165, 1.54) is 12.1 Å². The second-order valence-corrected chi connectivity index (χ2v) is 6.65. The second-order valence-electron chi connectivity index (χ2n) is 4.48. The van der Waals surface area contributed by atoms with Crippen molar-refractivity contribution in [2.45, 2.75) is 24.4 Å². The number of nitrogens with one attached hydrogen (secondary N) is 1. The maximum Gasteiger partial charge on any atom is 0.240 e. The van der Waals surface area contributed by atoms with Crippen LogP contribution in [-0.2, 0) is 23.1 Å². The van der Waals surface area contributed by atoms with Crippen molar-refractivity contribution >= 4 is 21.6 Å². The largest absolute Gasteiger partial charge is 0.326 e. The standard InChI is InChI=1S/C13H17ClN4O2S/c14-13-4-3-12(9-11(13)10-15)21(19,20)17-6-2-8-18-7-1-5-16-18/h1,3-5,7,9,17H,2,6,8,10,15H2. The summed E-state index contributed by atoms with van der Waals surface area (Å²) in [5.74, 6) is 0. The Morgan fingerprint density at radius 2 is 2.19 bits per heavy atom. The molecular formula is C13H17ClN4O2S. The fraction of sp³-hybridized carbons (Fsp3) is 0.308. The molecule has 0 bridgehead atoms. The fourth-order valence-electron chi connectivity index (χ4n) is 1.84. The summed E-state index contributed by atoms with van der Waals surface area (Å²) in [6.07, 6.45) is 4.17. The van der Waals surface area contributed by atoms with E-state index >= 15 is 0 Å². The molecule has 1 aromatic heterocycles. The lowest BCUT2D eigenvalue weighted by molar-refractivity contribution is 0.553. The maximum absolute atomic E-state index is 12.2. The molecule has 114 valence electrons. The van der Waals surface area contributed by atoms with Crippen LogP contribution < -0.4 is 10.5 Å². The molecule has 2 rings (SSSR count). The van der Waals surface area contributed by atoms with Gasteiger partial charge in [-0.15, -0.1) is 0 Å². The number of rotatable bonds is 7. The van der Waals surface area contributed by atoms with E-state index < -0.39 is 10.0 Å². The molecule has 0 spiro atoms. The minimum Gasteiger partial charge on any atom is -0.326 e. The van der Waals surface area contributed by atoms with Gasteiger partial charge in [0.05, 0.1) is 4.90 Å². The molecule has 0 aliphatic heterocycles. The minimum absolute atomic E-state index is 0.173. The van der Waals surface area contributed by atoms with Gasteiger partial charge in [-0.25, -0.2) is 13.1 Å². The normalized spacial score (nSPS) is 11.7. The molecule has 0 fully saturated rings. The first-order valence-corrected chi connectivity index (χ1v) is 8.34. The molecule has 1 aromatic carbocycles. The number of sulfonamides is 1. The van der Waals surface area contributed by atoms with Crippen LogP contribution in [0.4, 0.5) is 0 Å². The van der Waals surface area contributed by atoms with Crippen LogP contribution in [0.1, 0.15) is 12.0 Å². The first kappa shape index (κ1) is 16.0. The summed E-state index contributed by atoms with van der Waals surface area (Å²) in [7, 11) is -3.54. The Hall–Kier alpha value is -1.41. The Kier molecular flexibility index (Phi) is 5.35. The van der Waals surface area contributed by atoms with Crippen molar-refractivity contribution in [2.24, 2.45) is 5.73 Å². The van der Waals surface area contributed by atoms with Crippen LogP contribution >= 0.6 is 11.6 Å². The molecule has 0 aliphatic rings. The molecule has 6 nitrogen and oxygen atoms in total. The monoisotopic (exact) mass is 328 g/mol. The summed E-state index contributed by atoms with van der Waals surface area (Å²) in [6, 6.07) is 6.34. The van der Waals surface area contributed by atoms with Gasteiger partial charge in [-0.05, 0) is 36.2 Å². The quantitative estimate of drug-likeness (QED) is 0.751. The molecule has 2 aromatic rings. The van der Waals surface area contributed by atoms with Crippen LogP contribution in [0.25, 0.3) is 0 Å². The van der Waals surface area contributed by atoms with Crippen molar-refractivity contribution in [1.29, 1.82) is 0 Å². The second kappa shape index (κ2) is 7.04. The van der Waals surface area contributed by atoms with E-state index in [1.54, 1.807) is 16.9 Å². The van der Waals surface area contributed by atoms with E-state index in [0.29, 0.717) is 30.1 Å². The first-order valence-electron chi connectivity index (χ1n) is 6.48. The van der Waals surface area contributed by atoms with E-state index in [4.69, 9.17) is 17.3 Å². The number of hydrogen-bond acceptors (Lipinski definition) is 4. The summed E-state index contributed by atoms with van der Waals surface area (Å²) in [5, 5.41) is 4.52. The number of aromatic nitrogens is 2. The number of halogens is 1. The predicted octanol–water partition coefficient (Wildman–Crippen LogP) is 1.36. The Morgan fingerprint density at radius 3 is 2.86 bits per heavy atom. The lowest BCUT2D eigenvalue weighted by Crippen LogP contribution is -2.25. The van der Waals surface area contributed by atoms with Crippen molar-refractivity contribution < 1.29 is 8.42 Å². The van der Waals surface area contributed by atoms with Crippen molar-refractivity contribution in [1.82, 2.24) is 14.5 Å². The molecule has 0 aliphatic carbocycles. The number of nitrogens with zero attached hydrogens (tertiary/aromatic N) is 2. The third-order valence-electron chi connectivity index (χ3n) is 2.96. The Bertz CT molecular complexity index is 686. The maximum atomic E-state index is 12.2. The van der Waals surface area contributed by atoms with Gasteiger partial charge in [0, 0.05) is 37.1 Å². The third-order valence-corrected chi connectivity index (χ3v) is 4.79. The van der Waals surface area contributed by atoms with Crippen LogP contribution in [0, 0.1) is 0 Å². The SMILES string of the molecule is NCc1cc(S(=O)(=O)NCCCn2cccn2)ccc1Cl. The van der Waals surface area contributed by atoms with E-state index in [-0.39, 0.29) is 11.4 Å². The van der Waals surface area contributed by atoms with Crippen molar-refractivity contribution in [3.8, 4) is 0 Å². The summed E-state index contributed by atoms with van der Waals surface area (Å²) >= 11 is 5.93. The van der Waals surface area contributed by atoms with Crippen LogP contribution in [0.5, 0.6) is 0 Å². The van der Waals surface area contributed by atoms with Gasteiger partial charge in [-0.1, -0.05) is 11.6 Å². The summed E-state index contributed by atoms with van der Waals surface area (Å²) in [5.41, 5.74) is 6.14. The Morgan fingerprint density at radius 1 is 1.38 bits per heavy atom. The van der Waals surface area contributed by atoms with E-state index in [1.807, 2.05) is 12.3 Å². The highest BCUT2D eigenvalue weighted by Gasteiger charge is 2.14. The lowest BCUT2D eigenvalue weighted by Gasteiger charge is -2.09. The Labute approximate surface area is 129 Å². The average molecular weight is 329 g/mol. The zero-order valence-corrected chi connectivity index (χ0v) is 12.9. The summed E-state index contributed by atoms with van der Waals surface area (Å²) < 4.78 is 28.6. The van der Waals surface area contributed by atoms with Crippen LogP contribution in [-0.4, -0.2) is 24.7 Å². The first-order chi connectivity index (χ1) is 10.0. The molecule has 3 N–H and O–H groups in total. The zero-order chi connectivity index (χ0) is 15.3. The third kappa shape index (κ3) is 4.28. The van der Waals surface area contributed by atoms with Gasteiger partial charge in [-0.3, -0.25) is 4.68 Å². The molecule has 0 saturated carbocycles. The van der Waals surface area contributed by atoms with Gasteiger partial charge in [0.2, 0.25) is 10.0 Å². The van der Waals surface area contributed by atoms with Gasteiger partial charge in [0.1, 0.15) is 0 Å². The van der Waals surface area contributed by atoms with Crippen molar-refractivity contribution in [2.75, 3.05) is 6.54 Å². The van der Waals surface area contributed by atoms with Crippen LogP contribution in [0.3, 0.4) is 0 Å². The predicted molar refractivity (Wildman–Crippen MR) is 81.4 cm³/mol. The van der Waals surface area contributed by atoms with Crippen molar-refractivity contribution in [3.05, 3.63) is 47.2 Å². The van der Waals surface area contributed by atoms with E-state index in [9.17, 15) is 8.42 Å². The smallest absolute Gasteiger partial charge is 0.240 e. The number of hydrogen-bond donors (Lipinski definition) is 2. The number of aryl methyl sites for hydroxylation is 1. The van der Waals surface area contributed by atoms with Gasteiger partial charge >= 0.3 is 0 Å². The summed E-state index contributed by atoms with van der Waals surface area (Å²) in [4.78, 5) is 0.173. The van der Waals surface area contributed by atoms with Crippen LogP contribution in [0.15, 0.2) is 41.6 Å². The highest BCUT2D eigenvalue weighted by atomic mass is 35.5. The number of benzene rings is 1. The molecule has 1 heterocycles. The highest BCUT2D eigenvalue weighted by molar-refractivity contribution is 7.89. The molecule has 0 saturated heterocycles. The fourth-order valence-corrected chi connectivity index (χ4v) is 3.16. The number of nitrogens with two attached hydrogens (primary N) is 1. The molecule has 0 radical (unpaired) electrons. The molecule has 0 atom stereocenters. The molecule has 21 heavy (non-hydrogen) atoms. The van der Waals surface area contributed by atoms with Gasteiger partial charge in [-0.2, -0.15) is 5.10 Å². The molecule has 0 unspecified atom stereocenters. The average Bonchev–Trinajstić information content (AvgIpc) is 2.97. The van der Waals surface area contributed by atoms with Gasteiger partial charge in [0.25, 0.3) is 0 Å². The Balaban J connectivity index is 1.95. The minimum atomic E-state index is -3.54. The van der Waals surface area contributed by atoms with Crippen LogP contribution in [0.2, 0.25) is 5.02 Å². The lowest BCUT2D eigenvalue weighted by atomic mass is 10.2. The van der Waals surface area contributed by atoms with E-state index in [0.717, 1.165) is 0 Å². The molecular weight excluding hydrogens is 312 g/mol. The summed E-state index contributed by atoms with van der Waals surface area (Å²) in [6.45, 7) is 1.19. The van der Waals surface area contributed by atoms with E-state index in [2.05, 4.69) is 9.82 Å². The van der Waals surface area contributed by atoms with Gasteiger partial charge < -0.3 is 5.73 Å². The molecule has 0 amide bonds.